The van der Waals surface area contributed by atoms with E-state index >= 15 is 0 Å². The number of rotatable bonds is 7. The number of carbonyl (C=O) groups excluding carboxylic acids is 2. The molecule has 0 bridgehead atoms. The van der Waals surface area contributed by atoms with Crippen molar-refractivity contribution in [1.82, 2.24) is 15.0 Å². The lowest BCUT2D eigenvalue weighted by Gasteiger charge is -2.29. The molecule has 0 saturated carbocycles. The molecule has 0 atom stereocenters. The van der Waals surface area contributed by atoms with Crippen molar-refractivity contribution < 1.29 is 23.5 Å². The maximum Gasteiger partial charge on any atom is 0.323 e. The van der Waals surface area contributed by atoms with Gasteiger partial charge in [0.2, 0.25) is 11.8 Å². The smallest absolute Gasteiger partial charge is 0.323 e. The van der Waals surface area contributed by atoms with Crippen LogP contribution in [0, 0.1) is 5.82 Å². The monoisotopic (exact) mass is 607 g/mol. The molecule has 3 aromatic carbocycles. The zero-order valence-electron chi connectivity index (χ0n) is 24.6. The van der Waals surface area contributed by atoms with Crippen LogP contribution in [0.3, 0.4) is 0 Å². The van der Waals surface area contributed by atoms with Gasteiger partial charge in [0.1, 0.15) is 11.6 Å². The fraction of sp³-hybridized carbons (Fsp3) is 0.182. The number of ether oxygens (including phenoxy) is 2. The summed E-state index contributed by atoms with van der Waals surface area (Å²) in [4.78, 5) is 40.2. The topological polar surface area (TPSA) is 131 Å². The van der Waals surface area contributed by atoms with E-state index in [1.165, 1.54) is 19.1 Å². The van der Waals surface area contributed by atoms with E-state index in [0.29, 0.717) is 49.4 Å². The third-order valence-corrected chi connectivity index (χ3v) is 7.20. The number of pyridine rings is 1. The van der Waals surface area contributed by atoms with E-state index in [0.717, 1.165) is 39.5 Å². The minimum atomic E-state index is -0.678. The molecule has 2 aromatic heterocycles. The lowest BCUT2D eigenvalue weighted by atomic mass is 10.0. The van der Waals surface area contributed by atoms with Crippen molar-refractivity contribution in [2.45, 2.75) is 6.92 Å². The van der Waals surface area contributed by atoms with Crippen molar-refractivity contribution >= 4 is 45.7 Å². The number of fused-ring (bicyclic) bond motifs is 1. The van der Waals surface area contributed by atoms with Gasteiger partial charge in [-0.2, -0.15) is 0 Å². The molecule has 1 aliphatic heterocycles. The number of nitrogens with one attached hydrogen (secondary N) is 3. The molecule has 1 fully saturated rings. The third kappa shape index (κ3) is 6.81. The van der Waals surface area contributed by atoms with Gasteiger partial charge in [-0.3, -0.25) is 4.79 Å². The Kier molecular flexibility index (Phi) is 8.47. The second-order valence-electron chi connectivity index (χ2n) is 10.3. The van der Waals surface area contributed by atoms with Crippen LogP contribution in [0.25, 0.3) is 33.4 Å². The Morgan fingerprint density at radius 3 is 2.27 bits per heavy atom. The number of hydrogen-bond acceptors (Lipinski definition) is 8. The third-order valence-electron chi connectivity index (χ3n) is 7.20. The van der Waals surface area contributed by atoms with E-state index in [1.54, 1.807) is 25.4 Å². The molecule has 0 spiro atoms. The summed E-state index contributed by atoms with van der Waals surface area (Å²) in [5.74, 6) is 0.900. The molecule has 5 aromatic rings. The van der Waals surface area contributed by atoms with Gasteiger partial charge < -0.3 is 30.3 Å². The van der Waals surface area contributed by atoms with Crippen LogP contribution < -0.4 is 25.6 Å². The van der Waals surface area contributed by atoms with Crippen LogP contribution in [0.5, 0.6) is 5.88 Å². The zero-order chi connectivity index (χ0) is 31.3. The van der Waals surface area contributed by atoms with Crippen LogP contribution in [0.2, 0.25) is 0 Å². The summed E-state index contributed by atoms with van der Waals surface area (Å²) in [6.45, 7) is 3.98. The van der Waals surface area contributed by atoms with Gasteiger partial charge in [0, 0.05) is 60.2 Å². The molecule has 11 nitrogen and oxygen atoms in total. The van der Waals surface area contributed by atoms with Crippen molar-refractivity contribution in [2.24, 2.45) is 0 Å². The van der Waals surface area contributed by atoms with Gasteiger partial charge in [0.15, 0.2) is 5.82 Å². The Bertz CT molecular complexity index is 1860. The van der Waals surface area contributed by atoms with E-state index in [4.69, 9.17) is 19.4 Å². The molecule has 0 unspecified atom stereocenters. The number of carbonyl (C=O) groups is 2. The minimum absolute atomic E-state index is 0.0248. The van der Waals surface area contributed by atoms with Gasteiger partial charge in [-0.25, -0.2) is 24.1 Å². The molecule has 6 rings (SSSR count). The summed E-state index contributed by atoms with van der Waals surface area (Å²) in [6, 6.07) is 20.4. The Labute approximate surface area is 258 Å². The number of morpholine rings is 1. The summed E-state index contributed by atoms with van der Waals surface area (Å²) in [6.07, 6.45) is 1.77. The van der Waals surface area contributed by atoms with Crippen LogP contribution in [0.1, 0.15) is 6.92 Å². The van der Waals surface area contributed by atoms with Crippen LogP contribution in [0.15, 0.2) is 79.0 Å². The first kappa shape index (κ1) is 29.5. The summed E-state index contributed by atoms with van der Waals surface area (Å²) < 4.78 is 25.2. The molecule has 228 valence electrons. The number of benzene rings is 3. The fourth-order valence-electron chi connectivity index (χ4n) is 4.99. The molecule has 12 heteroatoms. The Hall–Kier alpha value is -5.62. The van der Waals surface area contributed by atoms with E-state index in [1.807, 2.05) is 42.5 Å². The SMILES string of the molecule is COc1ccc(-c2ccc3c(N4CCOCC4)nc(-c4ccc(NC(=O)Nc5ccc(NC(C)=O)cc5F)cc4)nc3c2)cn1. The van der Waals surface area contributed by atoms with Gasteiger partial charge >= 0.3 is 6.03 Å². The molecule has 3 heterocycles. The number of hydrogen-bond donors (Lipinski definition) is 3. The van der Waals surface area contributed by atoms with Crippen LogP contribution >= 0.6 is 0 Å². The quantitative estimate of drug-likeness (QED) is 0.207. The van der Waals surface area contributed by atoms with E-state index in [-0.39, 0.29) is 11.6 Å². The average Bonchev–Trinajstić information content (AvgIpc) is 3.06. The second kappa shape index (κ2) is 12.9. The maximum absolute atomic E-state index is 14.4. The van der Waals surface area contributed by atoms with E-state index in [2.05, 4.69) is 25.8 Å². The Balaban J connectivity index is 1.25. The number of nitrogens with zero attached hydrogens (tertiary/aromatic N) is 4. The lowest BCUT2D eigenvalue weighted by molar-refractivity contribution is -0.114. The number of urea groups is 1. The first-order valence-corrected chi connectivity index (χ1v) is 14.3. The fourth-order valence-corrected chi connectivity index (χ4v) is 4.99. The van der Waals surface area contributed by atoms with Gasteiger partial charge in [-0.15, -0.1) is 0 Å². The van der Waals surface area contributed by atoms with E-state index in [9.17, 15) is 14.0 Å². The van der Waals surface area contributed by atoms with Crippen molar-refractivity contribution in [3.63, 3.8) is 0 Å². The minimum Gasteiger partial charge on any atom is -0.481 e. The van der Waals surface area contributed by atoms with Gasteiger partial charge in [-0.1, -0.05) is 6.07 Å². The second-order valence-corrected chi connectivity index (χ2v) is 10.3. The number of halogens is 1. The van der Waals surface area contributed by atoms with Gasteiger partial charge in [-0.05, 0) is 66.2 Å². The number of amides is 3. The predicted octanol–water partition coefficient (Wildman–Crippen LogP) is 5.95. The molecular weight excluding hydrogens is 577 g/mol. The summed E-state index contributed by atoms with van der Waals surface area (Å²) in [7, 11) is 1.58. The van der Waals surface area contributed by atoms with Crippen LogP contribution in [0.4, 0.5) is 32.1 Å². The highest BCUT2D eigenvalue weighted by atomic mass is 19.1. The largest absolute Gasteiger partial charge is 0.481 e. The molecule has 3 amide bonds. The first-order valence-electron chi connectivity index (χ1n) is 14.3. The highest BCUT2D eigenvalue weighted by Gasteiger charge is 2.19. The van der Waals surface area contributed by atoms with Crippen LogP contribution in [-0.2, 0) is 9.53 Å². The predicted molar refractivity (Wildman–Crippen MR) is 171 cm³/mol. The normalized spacial score (nSPS) is 12.9. The lowest BCUT2D eigenvalue weighted by Crippen LogP contribution is -2.37. The number of aromatic nitrogens is 3. The Morgan fingerprint density at radius 2 is 1.58 bits per heavy atom. The van der Waals surface area contributed by atoms with Crippen molar-refractivity contribution in [1.29, 1.82) is 0 Å². The molecule has 1 saturated heterocycles. The molecule has 45 heavy (non-hydrogen) atoms. The standard InChI is InChI=1S/C33H30FN7O4/c1-20(42)36-25-9-11-28(27(34)18-25)39-33(43)37-24-7-3-21(4-8-24)31-38-29-17-22(23-6-12-30(44-2)35-19-23)5-10-26(29)32(40-31)41-13-15-45-16-14-41/h3-12,17-19H,13-16H2,1-2H3,(H,36,42)(H2,37,39,43). The van der Waals surface area contributed by atoms with Gasteiger partial charge in [0.25, 0.3) is 0 Å². The maximum atomic E-state index is 14.4. The molecule has 0 radical (unpaired) electrons. The molecule has 3 N–H and O–H groups in total. The van der Waals surface area contributed by atoms with Crippen molar-refractivity contribution in [3.05, 3.63) is 84.8 Å². The summed E-state index contributed by atoms with van der Waals surface area (Å²) >= 11 is 0. The molecule has 0 aliphatic carbocycles. The average molecular weight is 608 g/mol. The number of anilines is 4. The van der Waals surface area contributed by atoms with Crippen molar-refractivity contribution in [2.75, 3.05) is 54.3 Å². The highest BCUT2D eigenvalue weighted by molar-refractivity contribution is 6.00. The summed E-state index contributed by atoms with van der Waals surface area (Å²) in [5.41, 5.74) is 4.20. The highest BCUT2D eigenvalue weighted by Crippen LogP contribution is 2.32. The Morgan fingerprint density at radius 1 is 0.844 bits per heavy atom. The number of methoxy groups -OCH3 is 1. The molecular formula is C33H30FN7O4. The zero-order valence-corrected chi connectivity index (χ0v) is 24.6. The first-order chi connectivity index (χ1) is 21.9. The molecule has 1 aliphatic rings. The van der Waals surface area contributed by atoms with Crippen LogP contribution in [-0.4, -0.2) is 60.3 Å². The van der Waals surface area contributed by atoms with Gasteiger partial charge in [0.05, 0.1) is 31.5 Å². The summed E-state index contributed by atoms with van der Waals surface area (Å²) in [5, 5.41) is 8.62. The van der Waals surface area contributed by atoms with E-state index < -0.39 is 11.8 Å². The van der Waals surface area contributed by atoms with Crippen molar-refractivity contribution in [3.8, 4) is 28.4 Å².